The van der Waals surface area contributed by atoms with Gasteiger partial charge in [0.25, 0.3) is 0 Å². The highest BCUT2D eigenvalue weighted by atomic mass is 16.3. The Hall–Kier alpha value is -6.18. The van der Waals surface area contributed by atoms with Crippen molar-refractivity contribution in [2.75, 3.05) is 0 Å². The van der Waals surface area contributed by atoms with E-state index in [4.69, 9.17) is 11.3 Å². The molecule has 1 heteroatoms. The second-order valence-corrected chi connectivity index (χ2v) is 14.0. The van der Waals surface area contributed by atoms with Gasteiger partial charge in [-0.05, 0) is 94.5 Å². The van der Waals surface area contributed by atoms with Gasteiger partial charge < -0.3 is 4.42 Å². The molecule has 0 unspecified atom stereocenters. The number of furan rings is 1. The van der Waals surface area contributed by atoms with Crippen LogP contribution in [-0.4, -0.2) is 0 Å². The van der Waals surface area contributed by atoms with Gasteiger partial charge in [0, 0.05) is 21.8 Å². The lowest BCUT2D eigenvalue weighted by Gasteiger charge is -2.22. The molecule has 9 aromatic carbocycles. The van der Waals surface area contributed by atoms with Gasteiger partial charge in [0.05, 0.1) is 6.85 Å². The van der Waals surface area contributed by atoms with Gasteiger partial charge in [-0.2, -0.15) is 0 Å². The summed E-state index contributed by atoms with van der Waals surface area (Å²) in [5, 5.41) is 8.23. The summed E-state index contributed by atoms with van der Waals surface area (Å²) in [6.07, 6.45) is 0. The highest BCUT2D eigenvalue weighted by molar-refractivity contribution is 6.29. The standard InChI is InChI=1S/C49H32O/c1-49(2)42-16-7-6-12-36(42)37-25-22-32(28-43(37)49)34-13-8-15-41-47-38(14-9-17-44(47)50-48(34)41)35-24-19-31-20-26-39-33(29-10-4-3-5-11-29)23-18-30-21-27-40(35)46(31)45(30)39/h3-28H,1-2H3/i3D,4D,5D,10D,11D. The summed E-state index contributed by atoms with van der Waals surface area (Å²) < 4.78 is 49.1. The molecule has 0 saturated carbocycles. The average molecular weight is 642 g/mol. The molecule has 0 amide bonds. The molecule has 50 heavy (non-hydrogen) atoms. The Morgan fingerprint density at radius 3 is 1.92 bits per heavy atom. The summed E-state index contributed by atoms with van der Waals surface area (Å²) in [4.78, 5) is 0. The van der Waals surface area contributed by atoms with Crippen molar-refractivity contribution >= 4 is 54.3 Å². The Bertz CT molecular complexity index is 3270. The second kappa shape index (κ2) is 9.94. The van der Waals surface area contributed by atoms with Gasteiger partial charge in [0.1, 0.15) is 11.2 Å². The molecular weight excluding hydrogens is 605 g/mol. The van der Waals surface area contributed by atoms with Gasteiger partial charge in [-0.3, -0.25) is 0 Å². The Morgan fingerprint density at radius 1 is 0.460 bits per heavy atom. The van der Waals surface area contributed by atoms with Gasteiger partial charge >= 0.3 is 0 Å². The van der Waals surface area contributed by atoms with Crippen LogP contribution >= 0.6 is 0 Å². The van der Waals surface area contributed by atoms with Crippen LogP contribution in [0.2, 0.25) is 0 Å². The fraction of sp³-hybridized carbons (Fsp3) is 0.0612. The minimum atomic E-state index is -0.392. The molecule has 10 aromatic rings. The fourth-order valence-corrected chi connectivity index (χ4v) is 8.81. The molecule has 1 aliphatic carbocycles. The third kappa shape index (κ3) is 3.67. The quantitative estimate of drug-likeness (QED) is 0.175. The SMILES string of the molecule is [2H]c1c([2H])c([2H])c(-c2ccc3ccc4c(-c5cccc6oc7c(-c8ccc9c(c8)C(C)(C)c8ccccc8-9)cccc7c56)ccc5ccc2c3c54)c([2H])c1[2H]. The minimum absolute atomic E-state index is 0.110. The zero-order valence-electron chi connectivity index (χ0n) is 32.5. The lowest BCUT2D eigenvalue weighted by Crippen LogP contribution is -2.14. The van der Waals surface area contributed by atoms with E-state index in [-0.39, 0.29) is 35.1 Å². The first-order valence-electron chi connectivity index (χ1n) is 19.6. The van der Waals surface area contributed by atoms with Crippen LogP contribution < -0.4 is 0 Å². The third-order valence-electron chi connectivity index (χ3n) is 11.1. The molecule has 1 aromatic heterocycles. The Labute approximate surface area is 297 Å². The molecule has 0 fully saturated rings. The van der Waals surface area contributed by atoms with E-state index in [1.165, 1.54) is 22.3 Å². The summed E-state index contributed by atoms with van der Waals surface area (Å²) in [5.74, 6) is 0. The molecule has 0 N–H and O–H groups in total. The highest BCUT2D eigenvalue weighted by Gasteiger charge is 2.35. The van der Waals surface area contributed by atoms with Crippen LogP contribution in [0.4, 0.5) is 0 Å². The zero-order valence-corrected chi connectivity index (χ0v) is 27.5. The summed E-state index contributed by atoms with van der Waals surface area (Å²) in [5.41, 5.74) is 12.0. The third-order valence-corrected chi connectivity index (χ3v) is 11.1. The van der Waals surface area contributed by atoms with Crippen molar-refractivity contribution < 1.29 is 11.3 Å². The van der Waals surface area contributed by atoms with E-state index in [1.807, 2.05) is 24.3 Å². The number of hydrogen-bond acceptors (Lipinski definition) is 1. The van der Waals surface area contributed by atoms with Gasteiger partial charge in [0.15, 0.2) is 0 Å². The first kappa shape index (κ1) is 23.2. The predicted octanol–water partition coefficient (Wildman–Crippen LogP) is 13.8. The van der Waals surface area contributed by atoms with Crippen molar-refractivity contribution in [3.63, 3.8) is 0 Å². The maximum atomic E-state index is 8.75. The highest BCUT2D eigenvalue weighted by Crippen LogP contribution is 2.51. The Balaban J connectivity index is 1.12. The number of para-hydroxylation sites is 1. The number of rotatable bonds is 3. The number of benzene rings is 9. The number of hydrogen-bond donors (Lipinski definition) is 0. The molecule has 0 radical (unpaired) electrons. The Morgan fingerprint density at radius 2 is 1.10 bits per heavy atom. The summed E-state index contributed by atoms with van der Waals surface area (Å²) in [7, 11) is 0. The largest absolute Gasteiger partial charge is 0.455 e. The normalized spacial score (nSPS) is 15.0. The molecule has 1 heterocycles. The predicted molar refractivity (Wildman–Crippen MR) is 211 cm³/mol. The van der Waals surface area contributed by atoms with Crippen molar-refractivity contribution in [2.24, 2.45) is 0 Å². The van der Waals surface area contributed by atoms with Crippen LogP contribution in [-0.2, 0) is 5.41 Å². The summed E-state index contributed by atoms with van der Waals surface area (Å²) >= 11 is 0. The van der Waals surface area contributed by atoms with Gasteiger partial charge in [-0.15, -0.1) is 0 Å². The van der Waals surface area contributed by atoms with E-state index >= 15 is 0 Å². The van der Waals surface area contributed by atoms with E-state index in [0.717, 1.165) is 76.5 Å². The lowest BCUT2D eigenvalue weighted by molar-refractivity contribution is 0.660. The maximum Gasteiger partial charge on any atom is 0.143 e. The van der Waals surface area contributed by atoms with Crippen molar-refractivity contribution in [3.8, 4) is 44.5 Å². The van der Waals surface area contributed by atoms with Crippen LogP contribution in [0.1, 0.15) is 31.8 Å². The minimum Gasteiger partial charge on any atom is -0.455 e. The topological polar surface area (TPSA) is 13.1 Å². The van der Waals surface area contributed by atoms with Crippen LogP contribution in [0.3, 0.4) is 0 Å². The van der Waals surface area contributed by atoms with E-state index < -0.39 is 6.04 Å². The molecule has 234 valence electrons. The van der Waals surface area contributed by atoms with E-state index in [2.05, 4.69) is 117 Å². The van der Waals surface area contributed by atoms with Gasteiger partial charge in [-0.1, -0.05) is 159 Å². The number of fused-ring (bicyclic) bond motifs is 6. The first-order chi connectivity index (χ1) is 26.6. The van der Waals surface area contributed by atoms with Crippen LogP contribution in [0.25, 0.3) is 98.8 Å². The summed E-state index contributed by atoms with van der Waals surface area (Å²) in [6.45, 7) is 4.62. The van der Waals surface area contributed by atoms with E-state index in [1.54, 1.807) is 0 Å². The fourth-order valence-electron chi connectivity index (χ4n) is 8.81. The molecule has 11 rings (SSSR count). The van der Waals surface area contributed by atoms with Crippen molar-refractivity contribution in [1.29, 1.82) is 0 Å². The Kier molecular flexibility index (Phi) is 4.61. The molecule has 0 aliphatic heterocycles. The van der Waals surface area contributed by atoms with Gasteiger partial charge in [0.2, 0.25) is 0 Å². The molecule has 0 spiro atoms. The van der Waals surface area contributed by atoms with Crippen molar-refractivity contribution in [3.05, 3.63) is 169 Å². The molecule has 0 saturated heterocycles. The second-order valence-electron chi connectivity index (χ2n) is 14.0. The van der Waals surface area contributed by atoms with Crippen LogP contribution in [0.5, 0.6) is 0 Å². The van der Waals surface area contributed by atoms with Crippen molar-refractivity contribution in [1.82, 2.24) is 0 Å². The molecular formula is C49H32O. The molecule has 0 atom stereocenters. The van der Waals surface area contributed by atoms with Crippen molar-refractivity contribution in [2.45, 2.75) is 19.3 Å². The first-order valence-corrected chi connectivity index (χ1v) is 17.1. The van der Waals surface area contributed by atoms with E-state index in [0.29, 0.717) is 5.56 Å². The summed E-state index contributed by atoms with van der Waals surface area (Å²) in [6, 6.07) is 43.4. The average Bonchev–Trinajstić information content (AvgIpc) is 3.71. The van der Waals surface area contributed by atoms with Gasteiger partial charge in [-0.25, -0.2) is 0 Å². The lowest BCUT2D eigenvalue weighted by atomic mass is 9.81. The maximum absolute atomic E-state index is 8.75. The molecule has 1 nitrogen and oxygen atoms in total. The van der Waals surface area contributed by atoms with Crippen LogP contribution in [0.15, 0.2) is 162 Å². The monoisotopic (exact) mass is 641 g/mol. The molecule has 0 bridgehead atoms. The van der Waals surface area contributed by atoms with E-state index in [9.17, 15) is 0 Å². The van der Waals surface area contributed by atoms with Crippen LogP contribution in [0, 0.1) is 0 Å². The smallest absolute Gasteiger partial charge is 0.143 e. The molecule has 1 aliphatic rings. The zero-order chi connectivity index (χ0) is 37.5.